The van der Waals surface area contributed by atoms with Gasteiger partial charge in [-0.15, -0.1) is 0 Å². The third-order valence-corrected chi connectivity index (χ3v) is 4.73. The molecule has 1 aliphatic heterocycles. The van der Waals surface area contributed by atoms with Crippen molar-refractivity contribution in [1.29, 1.82) is 0 Å². The lowest BCUT2D eigenvalue weighted by atomic mass is 10.2. The Morgan fingerprint density at radius 2 is 2.28 bits per heavy atom. The van der Waals surface area contributed by atoms with E-state index in [-0.39, 0.29) is 4.75 Å². The van der Waals surface area contributed by atoms with Crippen LogP contribution in [0.4, 0.5) is 5.82 Å². The highest BCUT2D eigenvalue weighted by Crippen LogP contribution is 2.33. The molecule has 0 aliphatic carbocycles. The lowest BCUT2D eigenvalue weighted by Crippen LogP contribution is -2.43. The van der Waals surface area contributed by atoms with Crippen molar-refractivity contribution in [1.82, 2.24) is 14.4 Å². The monoisotopic (exact) mass is 326 g/mol. The second-order valence-corrected chi connectivity index (χ2v) is 7.69. The lowest BCUT2D eigenvalue weighted by Gasteiger charge is -2.38. The molecule has 6 heteroatoms. The number of hydrogen-bond donors (Lipinski definition) is 0. The van der Waals surface area contributed by atoms with Crippen molar-refractivity contribution < 1.29 is 0 Å². The van der Waals surface area contributed by atoms with Crippen molar-refractivity contribution in [3.63, 3.8) is 0 Å². The van der Waals surface area contributed by atoms with E-state index < -0.39 is 0 Å². The average Bonchev–Trinajstić information content (AvgIpc) is 2.74. The summed E-state index contributed by atoms with van der Waals surface area (Å²) in [6.45, 7) is 6.60. The molecule has 1 saturated heterocycles. The summed E-state index contributed by atoms with van der Waals surface area (Å²) < 4.78 is 3.13. The van der Waals surface area contributed by atoms with Crippen molar-refractivity contribution in [3.05, 3.63) is 23.2 Å². The van der Waals surface area contributed by atoms with Crippen molar-refractivity contribution in [2.24, 2.45) is 0 Å². The number of hydrogen-bond acceptors (Lipinski definition) is 4. The molecule has 0 aromatic carbocycles. The van der Waals surface area contributed by atoms with Crippen LogP contribution in [0, 0.1) is 0 Å². The number of thioether (sulfide) groups is 1. The molecule has 2 aromatic rings. The summed E-state index contributed by atoms with van der Waals surface area (Å²) in [5, 5.41) is 0. The SMILES string of the molecule is CC1(C)CN(c2nc(Br)cn3ccnc23)CCS1. The van der Waals surface area contributed by atoms with Gasteiger partial charge in [-0.2, -0.15) is 11.8 Å². The first-order chi connectivity index (χ1) is 8.55. The minimum Gasteiger partial charge on any atom is -0.351 e. The predicted molar refractivity (Wildman–Crippen MR) is 79.4 cm³/mol. The fraction of sp³-hybridized carbons (Fsp3) is 0.500. The third kappa shape index (κ3) is 2.23. The predicted octanol–water partition coefficient (Wildman–Crippen LogP) is 2.82. The normalized spacial score (nSPS) is 19.4. The molecule has 3 rings (SSSR count). The first kappa shape index (κ1) is 12.3. The Kier molecular flexibility index (Phi) is 3.02. The first-order valence-corrected chi connectivity index (χ1v) is 7.71. The number of nitrogens with zero attached hydrogens (tertiary/aromatic N) is 4. The molecular formula is C12H15BrN4S. The van der Waals surface area contributed by atoms with E-state index in [1.54, 1.807) is 0 Å². The molecule has 4 nitrogen and oxygen atoms in total. The van der Waals surface area contributed by atoms with E-state index in [9.17, 15) is 0 Å². The molecule has 0 saturated carbocycles. The van der Waals surface area contributed by atoms with E-state index in [4.69, 9.17) is 0 Å². The fourth-order valence-electron chi connectivity index (χ4n) is 2.29. The largest absolute Gasteiger partial charge is 0.351 e. The molecule has 2 aromatic heterocycles. The maximum atomic E-state index is 4.61. The van der Waals surface area contributed by atoms with Crippen LogP contribution in [0.3, 0.4) is 0 Å². The van der Waals surface area contributed by atoms with E-state index in [0.29, 0.717) is 0 Å². The molecule has 0 unspecified atom stereocenters. The Balaban J connectivity index is 2.05. The van der Waals surface area contributed by atoms with E-state index >= 15 is 0 Å². The summed E-state index contributed by atoms with van der Waals surface area (Å²) in [4.78, 5) is 11.4. The Morgan fingerprint density at radius 3 is 3.06 bits per heavy atom. The van der Waals surface area contributed by atoms with Gasteiger partial charge >= 0.3 is 0 Å². The Morgan fingerprint density at radius 1 is 1.44 bits per heavy atom. The van der Waals surface area contributed by atoms with Gasteiger partial charge in [0.2, 0.25) is 0 Å². The van der Waals surface area contributed by atoms with Gasteiger partial charge in [-0.3, -0.25) is 0 Å². The molecule has 0 spiro atoms. The van der Waals surface area contributed by atoms with Crippen molar-refractivity contribution in [3.8, 4) is 0 Å². The number of imidazole rings is 1. The molecule has 1 aliphatic rings. The minimum absolute atomic E-state index is 0.270. The zero-order valence-electron chi connectivity index (χ0n) is 10.4. The molecule has 0 N–H and O–H groups in total. The number of halogens is 1. The molecule has 0 amide bonds. The van der Waals surface area contributed by atoms with Gasteiger partial charge in [0, 0.05) is 42.2 Å². The molecule has 0 radical (unpaired) electrons. The van der Waals surface area contributed by atoms with Gasteiger partial charge in [-0.05, 0) is 29.8 Å². The smallest absolute Gasteiger partial charge is 0.180 e. The van der Waals surface area contributed by atoms with Gasteiger partial charge < -0.3 is 9.30 Å². The summed E-state index contributed by atoms with van der Waals surface area (Å²) in [5.74, 6) is 2.11. The van der Waals surface area contributed by atoms with E-state index in [1.165, 1.54) is 0 Å². The molecule has 1 fully saturated rings. The van der Waals surface area contributed by atoms with Crippen LogP contribution in [0.15, 0.2) is 23.2 Å². The number of aromatic nitrogens is 3. The maximum absolute atomic E-state index is 4.61. The number of rotatable bonds is 1. The van der Waals surface area contributed by atoms with Crippen LogP contribution in [-0.4, -0.2) is 38.0 Å². The third-order valence-electron chi connectivity index (χ3n) is 3.05. The molecule has 0 atom stereocenters. The van der Waals surface area contributed by atoms with Crippen molar-refractivity contribution in [2.45, 2.75) is 18.6 Å². The summed E-state index contributed by atoms with van der Waals surface area (Å²) in [6.07, 6.45) is 5.71. The second-order valence-electron chi connectivity index (χ2n) is 5.08. The summed E-state index contributed by atoms with van der Waals surface area (Å²) in [7, 11) is 0. The van der Waals surface area contributed by atoms with Crippen LogP contribution in [0.5, 0.6) is 0 Å². The van der Waals surface area contributed by atoms with Gasteiger partial charge in [0.1, 0.15) is 4.60 Å². The zero-order valence-corrected chi connectivity index (χ0v) is 12.8. The minimum atomic E-state index is 0.270. The van der Waals surface area contributed by atoms with Gasteiger partial charge in [-0.25, -0.2) is 9.97 Å². The van der Waals surface area contributed by atoms with Crippen LogP contribution < -0.4 is 4.90 Å². The second kappa shape index (κ2) is 4.42. The van der Waals surface area contributed by atoms with Gasteiger partial charge in [0.15, 0.2) is 11.5 Å². The van der Waals surface area contributed by atoms with Crippen molar-refractivity contribution in [2.75, 3.05) is 23.7 Å². The summed E-state index contributed by atoms with van der Waals surface area (Å²) in [6, 6.07) is 0. The molecule has 96 valence electrons. The van der Waals surface area contributed by atoms with Crippen LogP contribution >= 0.6 is 27.7 Å². The van der Waals surface area contributed by atoms with E-state index in [1.807, 2.05) is 34.8 Å². The highest BCUT2D eigenvalue weighted by molar-refractivity contribution is 9.10. The molecule has 18 heavy (non-hydrogen) atoms. The van der Waals surface area contributed by atoms with E-state index in [2.05, 4.69) is 44.6 Å². The van der Waals surface area contributed by atoms with Gasteiger partial charge in [0.25, 0.3) is 0 Å². The lowest BCUT2D eigenvalue weighted by molar-refractivity contribution is 0.642. The topological polar surface area (TPSA) is 33.4 Å². The van der Waals surface area contributed by atoms with Crippen LogP contribution in [0.25, 0.3) is 5.65 Å². The van der Waals surface area contributed by atoms with Crippen molar-refractivity contribution >= 4 is 39.2 Å². The van der Waals surface area contributed by atoms with Gasteiger partial charge in [-0.1, -0.05) is 0 Å². The molecular weight excluding hydrogens is 312 g/mol. The Labute approximate surface area is 119 Å². The van der Waals surface area contributed by atoms with E-state index in [0.717, 1.165) is 34.9 Å². The van der Waals surface area contributed by atoms with Crippen LogP contribution in [0.2, 0.25) is 0 Å². The fourth-order valence-corrected chi connectivity index (χ4v) is 3.79. The first-order valence-electron chi connectivity index (χ1n) is 5.93. The summed E-state index contributed by atoms with van der Waals surface area (Å²) >= 11 is 5.49. The van der Waals surface area contributed by atoms with Crippen LogP contribution in [0.1, 0.15) is 13.8 Å². The Hall–Kier alpha value is -0.750. The highest BCUT2D eigenvalue weighted by atomic mass is 79.9. The number of fused-ring (bicyclic) bond motifs is 1. The standard InChI is InChI=1S/C12H15BrN4S/c1-12(2)8-17(5-6-18-12)11-10-14-3-4-16(10)7-9(13)15-11/h3-4,7H,5-6,8H2,1-2H3. The maximum Gasteiger partial charge on any atom is 0.180 e. The quantitative estimate of drug-likeness (QED) is 0.806. The molecule has 0 bridgehead atoms. The molecule has 3 heterocycles. The number of anilines is 1. The Bertz CT molecular complexity index is 580. The van der Waals surface area contributed by atoms with Gasteiger partial charge in [0.05, 0.1) is 0 Å². The van der Waals surface area contributed by atoms with Crippen LogP contribution in [-0.2, 0) is 0 Å². The zero-order chi connectivity index (χ0) is 12.8. The highest BCUT2D eigenvalue weighted by Gasteiger charge is 2.29. The summed E-state index contributed by atoms with van der Waals surface area (Å²) in [5.41, 5.74) is 0.931. The average molecular weight is 327 g/mol.